The molecule has 3 heterocycles. The Morgan fingerprint density at radius 3 is 2.41 bits per heavy atom. The summed E-state index contributed by atoms with van der Waals surface area (Å²) in [6.45, 7) is 0.560. The topological polar surface area (TPSA) is 134 Å². The molecule has 2 saturated heterocycles. The van der Waals surface area contributed by atoms with Crippen molar-refractivity contribution in [2.24, 2.45) is 5.92 Å². The normalized spacial score (nSPS) is 20.1. The number of ether oxygens (including phenoxy) is 1. The molecule has 0 saturated carbocycles. The molecule has 2 aliphatic rings. The number of aliphatic carboxylic acids is 1. The first-order valence-electron chi connectivity index (χ1n) is 10.0. The van der Waals surface area contributed by atoms with Gasteiger partial charge < -0.3 is 19.8 Å². The maximum Gasteiger partial charge on any atom is 0.490 e. The van der Waals surface area contributed by atoms with Crippen molar-refractivity contribution in [2.45, 2.75) is 17.3 Å². The van der Waals surface area contributed by atoms with E-state index >= 15 is 0 Å². The van der Waals surface area contributed by atoms with Gasteiger partial charge in [-0.15, -0.1) is 0 Å². The maximum atomic E-state index is 12.7. The minimum atomic E-state index is -5.08. The van der Waals surface area contributed by atoms with E-state index in [0.717, 1.165) is 0 Å². The molecule has 2 N–H and O–H groups in total. The number of benzene rings is 1. The zero-order valence-corrected chi connectivity index (χ0v) is 18.4. The van der Waals surface area contributed by atoms with Gasteiger partial charge in [0.1, 0.15) is 10.5 Å². The molecule has 1 aromatic carbocycles. The quantitative estimate of drug-likeness (QED) is 0.650. The monoisotopic (exact) mass is 502 g/mol. The van der Waals surface area contributed by atoms with Crippen LogP contribution in [0.3, 0.4) is 0 Å². The Kier molecular flexibility index (Phi) is 7.05. The van der Waals surface area contributed by atoms with Gasteiger partial charge in [-0.1, -0.05) is 12.1 Å². The highest BCUT2D eigenvalue weighted by Crippen LogP contribution is 2.45. The van der Waals surface area contributed by atoms with Crippen LogP contribution in [0.15, 0.2) is 48.7 Å². The van der Waals surface area contributed by atoms with E-state index in [2.05, 4.69) is 4.98 Å². The minimum Gasteiger partial charge on any atom is -0.508 e. The summed E-state index contributed by atoms with van der Waals surface area (Å²) < 4.78 is 61.9. The number of carboxylic acids is 1. The molecular weight excluding hydrogens is 481 g/mol. The molecule has 2 fully saturated rings. The third-order valence-electron chi connectivity index (χ3n) is 5.71. The molecule has 1 unspecified atom stereocenters. The number of phenols is 1. The summed E-state index contributed by atoms with van der Waals surface area (Å²) in [7, 11) is -3.30. The van der Waals surface area contributed by atoms with Crippen molar-refractivity contribution in [3.63, 3.8) is 0 Å². The molecule has 0 radical (unpaired) electrons. The van der Waals surface area contributed by atoms with Gasteiger partial charge in [-0.05, 0) is 30.7 Å². The SMILES string of the molecule is O=C(O)C(F)(F)F.O=C(c1cccc(O)c1)N1CC2(C1)C(COc1ccccn1)CCS2(=O)=O. The number of aromatic hydroxyl groups is 1. The van der Waals surface area contributed by atoms with Crippen molar-refractivity contribution >= 4 is 21.7 Å². The van der Waals surface area contributed by atoms with Gasteiger partial charge in [-0.2, -0.15) is 13.2 Å². The lowest BCUT2D eigenvalue weighted by atomic mass is 9.83. The number of alkyl halides is 3. The summed E-state index contributed by atoms with van der Waals surface area (Å²) in [5.41, 5.74) is 0.349. The third-order valence-corrected chi connectivity index (χ3v) is 8.31. The smallest absolute Gasteiger partial charge is 0.490 e. The number of hydrogen-bond acceptors (Lipinski definition) is 7. The molecule has 1 atom stereocenters. The van der Waals surface area contributed by atoms with E-state index in [1.54, 1.807) is 30.5 Å². The van der Waals surface area contributed by atoms with Gasteiger partial charge in [0.05, 0.1) is 12.4 Å². The highest BCUT2D eigenvalue weighted by atomic mass is 32.2. The predicted octanol–water partition coefficient (Wildman–Crippen LogP) is 2.13. The van der Waals surface area contributed by atoms with Crippen LogP contribution in [0.1, 0.15) is 16.8 Å². The molecule has 9 nitrogen and oxygen atoms in total. The second kappa shape index (κ2) is 9.49. The Bertz CT molecular complexity index is 1150. The van der Waals surface area contributed by atoms with Crippen LogP contribution < -0.4 is 4.74 Å². The Morgan fingerprint density at radius 1 is 1.18 bits per heavy atom. The fourth-order valence-corrected chi connectivity index (χ4v) is 6.29. The van der Waals surface area contributed by atoms with Gasteiger partial charge >= 0.3 is 12.1 Å². The molecule has 1 amide bonds. The fraction of sp³-hybridized carbons (Fsp3) is 0.381. The number of carbonyl (C=O) groups is 2. The molecule has 2 aliphatic heterocycles. The number of amides is 1. The van der Waals surface area contributed by atoms with Crippen molar-refractivity contribution < 1.29 is 46.1 Å². The summed E-state index contributed by atoms with van der Waals surface area (Å²) in [6, 6.07) is 11.4. The molecule has 1 aromatic heterocycles. The van der Waals surface area contributed by atoms with Crippen molar-refractivity contribution in [3.05, 3.63) is 54.2 Å². The van der Waals surface area contributed by atoms with Gasteiger partial charge in [0.25, 0.3) is 5.91 Å². The zero-order valence-electron chi connectivity index (χ0n) is 17.6. The highest BCUT2D eigenvalue weighted by molar-refractivity contribution is 7.93. The molecular formula is C21H21F3N2O7S. The number of rotatable bonds is 4. The van der Waals surface area contributed by atoms with Crippen LogP contribution in [0, 0.1) is 5.92 Å². The van der Waals surface area contributed by atoms with Crippen LogP contribution in [0.4, 0.5) is 13.2 Å². The zero-order chi connectivity index (χ0) is 25.1. The molecule has 0 aliphatic carbocycles. The lowest BCUT2D eigenvalue weighted by Gasteiger charge is -2.49. The van der Waals surface area contributed by atoms with E-state index in [-0.39, 0.29) is 43.0 Å². The number of nitrogens with zero attached hydrogens (tertiary/aromatic N) is 2. The lowest BCUT2D eigenvalue weighted by molar-refractivity contribution is -0.192. The number of carboxylic acid groups (broad SMARTS) is 1. The number of hydrogen-bond donors (Lipinski definition) is 2. The van der Waals surface area contributed by atoms with E-state index < -0.39 is 26.7 Å². The van der Waals surface area contributed by atoms with Crippen LogP contribution in [-0.4, -0.2) is 76.8 Å². The molecule has 4 rings (SSSR count). The largest absolute Gasteiger partial charge is 0.508 e. The van der Waals surface area contributed by atoms with E-state index in [0.29, 0.717) is 17.9 Å². The van der Waals surface area contributed by atoms with Crippen molar-refractivity contribution in [1.29, 1.82) is 0 Å². The fourth-order valence-electron chi connectivity index (χ4n) is 3.89. The molecule has 34 heavy (non-hydrogen) atoms. The van der Waals surface area contributed by atoms with Gasteiger partial charge in [0, 0.05) is 36.8 Å². The average Bonchev–Trinajstić information content (AvgIpc) is 3.01. The molecule has 0 bridgehead atoms. The third kappa shape index (κ3) is 5.24. The van der Waals surface area contributed by atoms with Crippen LogP contribution in [0.25, 0.3) is 0 Å². The lowest BCUT2D eigenvalue weighted by Crippen LogP contribution is -2.68. The Labute approximate surface area is 192 Å². The summed E-state index contributed by atoms with van der Waals surface area (Å²) in [5.74, 6) is -2.64. The van der Waals surface area contributed by atoms with Gasteiger partial charge in [-0.3, -0.25) is 4.79 Å². The summed E-state index contributed by atoms with van der Waals surface area (Å²) in [5, 5.41) is 16.7. The van der Waals surface area contributed by atoms with Crippen LogP contribution in [0.2, 0.25) is 0 Å². The van der Waals surface area contributed by atoms with E-state index in [9.17, 15) is 31.5 Å². The maximum absolute atomic E-state index is 12.7. The molecule has 184 valence electrons. The van der Waals surface area contributed by atoms with Crippen LogP contribution in [0.5, 0.6) is 11.6 Å². The van der Waals surface area contributed by atoms with Gasteiger partial charge in [0.2, 0.25) is 5.88 Å². The number of pyridine rings is 1. The predicted molar refractivity (Wildman–Crippen MR) is 112 cm³/mol. The molecule has 2 aromatic rings. The van der Waals surface area contributed by atoms with Crippen LogP contribution in [-0.2, 0) is 14.6 Å². The van der Waals surface area contributed by atoms with E-state index in [1.165, 1.54) is 17.0 Å². The van der Waals surface area contributed by atoms with Gasteiger partial charge in [-0.25, -0.2) is 18.2 Å². The number of likely N-dealkylation sites (tertiary alicyclic amines) is 1. The average molecular weight is 502 g/mol. The van der Waals surface area contributed by atoms with Crippen molar-refractivity contribution in [1.82, 2.24) is 9.88 Å². The second-order valence-corrected chi connectivity index (χ2v) is 10.3. The minimum absolute atomic E-state index is 0.00575. The second-order valence-electron chi connectivity index (χ2n) is 7.86. The standard InChI is InChI=1S/C19H20N2O5S.C2HF3O2/c22-16-5-3-4-14(10-16)18(23)21-12-19(13-21)15(7-9-27(19,24)25)11-26-17-6-1-2-8-20-17;3-2(4,5)1(6)7/h1-6,8,10,15,22H,7,9,11-13H2;(H,6,7). The molecule has 13 heteroatoms. The number of carbonyl (C=O) groups excluding carboxylic acids is 1. The van der Waals surface area contributed by atoms with E-state index in [4.69, 9.17) is 14.6 Å². The number of sulfone groups is 1. The van der Waals surface area contributed by atoms with Crippen molar-refractivity contribution in [3.8, 4) is 11.6 Å². The first-order valence-corrected chi connectivity index (χ1v) is 11.7. The highest BCUT2D eigenvalue weighted by Gasteiger charge is 2.62. The summed E-state index contributed by atoms with van der Waals surface area (Å²) in [6.07, 6.45) is -2.95. The van der Waals surface area contributed by atoms with Crippen molar-refractivity contribution in [2.75, 3.05) is 25.4 Å². The first kappa shape index (κ1) is 25.3. The van der Waals surface area contributed by atoms with Gasteiger partial charge in [0.15, 0.2) is 9.84 Å². The Morgan fingerprint density at radius 2 is 1.85 bits per heavy atom. The summed E-state index contributed by atoms with van der Waals surface area (Å²) in [4.78, 5) is 27.1. The Hall–Kier alpha value is -3.35. The molecule has 1 spiro atoms. The Balaban J connectivity index is 0.000000406. The van der Waals surface area contributed by atoms with E-state index in [1.807, 2.05) is 6.07 Å². The number of halogens is 3. The number of aromatic nitrogens is 1. The first-order chi connectivity index (χ1) is 15.9. The van der Waals surface area contributed by atoms with Crippen LogP contribution >= 0.6 is 0 Å². The summed E-state index contributed by atoms with van der Waals surface area (Å²) >= 11 is 0. The number of phenolic OH excluding ortho intramolecular Hbond substituents is 1.